The van der Waals surface area contributed by atoms with Crippen LogP contribution in [0, 0.1) is 5.92 Å². The van der Waals surface area contributed by atoms with Gasteiger partial charge in [-0.25, -0.2) is 0 Å². The smallest absolute Gasteiger partial charge is 0.308 e. The van der Waals surface area contributed by atoms with Crippen molar-refractivity contribution in [1.82, 2.24) is 0 Å². The van der Waals surface area contributed by atoms with Crippen LogP contribution in [0.15, 0.2) is 12.2 Å². The van der Waals surface area contributed by atoms with Crippen LogP contribution in [0.25, 0.3) is 0 Å². The van der Waals surface area contributed by atoms with Crippen molar-refractivity contribution < 1.29 is 9.53 Å². The third-order valence-electron chi connectivity index (χ3n) is 2.19. The monoisotopic (exact) mass is 168 g/mol. The summed E-state index contributed by atoms with van der Waals surface area (Å²) in [5.74, 6) is 0.167. The van der Waals surface area contributed by atoms with Gasteiger partial charge in [-0.3, -0.25) is 4.79 Å². The maximum atomic E-state index is 11.1. The topological polar surface area (TPSA) is 26.3 Å². The van der Waals surface area contributed by atoms with Gasteiger partial charge in [-0.15, -0.1) is 0 Å². The number of rotatable bonds is 3. The first-order chi connectivity index (χ1) is 5.84. The van der Waals surface area contributed by atoms with Crippen LogP contribution in [0.1, 0.15) is 32.6 Å². The Hall–Kier alpha value is -0.790. The van der Waals surface area contributed by atoms with Gasteiger partial charge in [0.25, 0.3) is 0 Å². The summed E-state index contributed by atoms with van der Waals surface area (Å²) in [4.78, 5) is 11.1. The quantitative estimate of drug-likeness (QED) is 0.477. The first-order valence-electron chi connectivity index (χ1n) is 4.62. The zero-order valence-electron chi connectivity index (χ0n) is 7.58. The Morgan fingerprint density at radius 1 is 1.67 bits per heavy atom. The van der Waals surface area contributed by atoms with Gasteiger partial charge >= 0.3 is 5.97 Å². The van der Waals surface area contributed by atoms with Crippen LogP contribution in [-0.4, -0.2) is 12.6 Å². The minimum absolute atomic E-state index is 0.00533. The largest absolute Gasteiger partial charge is 0.465 e. The van der Waals surface area contributed by atoms with Crippen LogP contribution in [0.3, 0.4) is 0 Å². The lowest BCUT2D eigenvalue weighted by molar-refractivity contribution is -0.153. The molecule has 0 aliphatic carbocycles. The molecule has 12 heavy (non-hydrogen) atoms. The first kappa shape index (κ1) is 9.30. The minimum atomic E-state index is 0.00533. The zero-order valence-corrected chi connectivity index (χ0v) is 7.58. The maximum absolute atomic E-state index is 11.1. The van der Waals surface area contributed by atoms with E-state index >= 15 is 0 Å². The Morgan fingerprint density at radius 2 is 2.50 bits per heavy atom. The first-order valence-corrected chi connectivity index (χ1v) is 4.62. The number of allylic oxidation sites excluding steroid dienone is 2. The third kappa shape index (κ3) is 2.68. The highest BCUT2D eigenvalue weighted by molar-refractivity contribution is 5.72. The lowest BCUT2D eigenvalue weighted by Crippen LogP contribution is -2.23. The van der Waals surface area contributed by atoms with Crippen molar-refractivity contribution >= 4 is 5.97 Å². The van der Waals surface area contributed by atoms with Gasteiger partial charge in [0.2, 0.25) is 0 Å². The molecule has 1 fully saturated rings. The Morgan fingerprint density at radius 3 is 3.17 bits per heavy atom. The predicted molar refractivity (Wildman–Crippen MR) is 47.7 cm³/mol. The molecule has 1 saturated heterocycles. The van der Waals surface area contributed by atoms with Crippen molar-refractivity contribution in [2.75, 3.05) is 6.61 Å². The molecule has 0 radical (unpaired) electrons. The molecule has 0 aromatic carbocycles. The molecule has 0 aromatic heterocycles. The molecule has 2 heteroatoms. The molecule has 0 bridgehead atoms. The van der Waals surface area contributed by atoms with Gasteiger partial charge < -0.3 is 4.74 Å². The van der Waals surface area contributed by atoms with Gasteiger partial charge in [-0.2, -0.15) is 0 Å². The molecule has 1 aliphatic rings. The lowest BCUT2D eigenvalue weighted by atomic mass is 9.96. The number of ether oxygens (including phenoxy) is 1. The Kier molecular flexibility index (Phi) is 3.85. The molecule has 68 valence electrons. The van der Waals surface area contributed by atoms with Gasteiger partial charge in [-0.05, 0) is 32.6 Å². The zero-order chi connectivity index (χ0) is 8.81. The van der Waals surface area contributed by atoms with Gasteiger partial charge in [0.1, 0.15) is 0 Å². The van der Waals surface area contributed by atoms with E-state index in [-0.39, 0.29) is 11.9 Å². The number of carbonyl (C=O) groups excluding carboxylic acids is 1. The van der Waals surface area contributed by atoms with Crippen molar-refractivity contribution in [2.45, 2.75) is 32.6 Å². The van der Waals surface area contributed by atoms with Crippen LogP contribution < -0.4 is 0 Å². The molecule has 1 rings (SSSR count). The summed E-state index contributed by atoms with van der Waals surface area (Å²) in [5, 5.41) is 0. The molecule has 1 unspecified atom stereocenters. The average Bonchev–Trinajstić information content (AvgIpc) is 2.09. The summed E-state index contributed by atoms with van der Waals surface area (Å²) in [6, 6.07) is 0. The van der Waals surface area contributed by atoms with E-state index in [9.17, 15) is 4.79 Å². The second-order valence-corrected chi connectivity index (χ2v) is 3.15. The second kappa shape index (κ2) is 4.96. The summed E-state index contributed by atoms with van der Waals surface area (Å²) < 4.78 is 4.96. The highest BCUT2D eigenvalue weighted by Crippen LogP contribution is 2.20. The Balaban J connectivity index is 2.24. The molecular weight excluding hydrogens is 152 g/mol. The predicted octanol–water partition coefficient (Wildman–Crippen LogP) is 2.30. The molecule has 1 heterocycles. The number of hydrogen-bond donors (Lipinski definition) is 0. The molecule has 1 aliphatic heterocycles. The normalized spacial score (nSPS) is 24.4. The summed E-state index contributed by atoms with van der Waals surface area (Å²) in [5.41, 5.74) is 0. The van der Waals surface area contributed by atoms with E-state index in [1.807, 2.05) is 13.0 Å². The molecule has 0 saturated carbocycles. The van der Waals surface area contributed by atoms with E-state index in [4.69, 9.17) is 4.74 Å². The fourth-order valence-electron chi connectivity index (χ4n) is 1.46. The van der Waals surface area contributed by atoms with Crippen molar-refractivity contribution in [3.05, 3.63) is 12.2 Å². The maximum Gasteiger partial charge on any atom is 0.308 e. The van der Waals surface area contributed by atoms with Crippen molar-refractivity contribution in [2.24, 2.45) is 5.92 Å². The average molecular weight is 168 g/mol. The van der Waals surface area contributed by atoms with E-state index < -0.39 is 0 Å². The number of cyclic esters (lactones) is 1. The van der Waals surface area contributed by atoms with E-state index in [0.29, 0.717) is 6.61 Å². The molecule has 0 amide bonds. The summed E-state index contributed by atoms with van der Waals surface area (Å²) >= 11 is 0. The van der Waals surface area contributed by atoms with Crippen LogP contribution in [0.5, 0.6) is 0 Å². The number of esters is 1. The van der Waals surface area contributed by atoms with Crippen molar-refractivity contribution in [3.63, 3.8) is 0 Å². The summed E-state index contributed by atoms with van der Waals surface area (Å²) in [7, 11) is 0. The van der Waals surface area contributed by atoms with Crippen molar-refractivity contribution in [1.29, 1.82) is 0 Å². The Bertz CT molecular complexity index is 173. The summed E-state index contributed by atoms with van der Waals surface area (Å²) in [6.07, 6.45) is 8.11. The highest BCUT2D eigenvalue weighted by atomic mass is 16.5. The van der Waals surface area contributed by atoms with E-state index in [1.165, 1.54) is 0 Å². The SMILES string of the molecule is C/C=C\CCC1CCCOC1=O. The Labute approximate surface area is 73.6 Å². The standard InChI is InChI=1S/C10H16O2/c1-2-3-4-6-9-7-5-8-12-10(9)11/h2-3,9H,4-8H2,1H3/b3-2-. The van der Waals surface area contributed by atoms with Crippen LogP contribution >= 0.6 is 0 Å². The van der Waals surface area contributed by atoms with Gasteiger partial charge in [0.05, 0.1) is 12.5 Å². The van der Waals surface area contributed by atoms with Gasteiger partial charge in [0.15, 0.2) is 0 Å². The fraction of sp³-hybridized carbons (Fsp3) is 0.700. The van der Waals surface area contributed by atoms with E-state index in [1.54, 1.807) is 0 Å². The fourth-order valence-corrected chi connectivity index (χ4v) is 1.46. The molecular formula is C10H16O2. The second-order valence-electron chi connectivity index (χ2n) is 3.15. The molecule has 0 aromatic rings. The van der Waals surface area contributed by atoms with Gasteiger partial charge in [0, 0.05) is 0 Å². The number of carbonyl (C=O) groups is 1. The molecule has 2 nitrogen and oxygen atoms in total. The molecule has 0 spiro atoms. The van der Waals surface area contributed by atoms with Crippen molar-refractivity contribution in [3.8, 4) is 0 Å². The minimum Gasteiger partial charge on any atom is -0.465 e. The third-order valence-corrected chi connectivity index (χ3v) is 2.19. The molecule has 1 atom stereocenters. The summed E-state index contributed by atoms with van der Waals surface area (Å²) in [6.45, 7) is 2.62. The molecule has 0 N–H and O–H groups in total. The highest BCUT2D eigenvalue weighted by Gasteiger charge is 2.22. The lowest BCUT2D eigenvalue weighted by Gasteiger charge is -2.19. The number of hydrogen-bond acceptors (Lipinski definition) is 2. The van der Waals surface area contributed by atoms with Crippen LogP contribution in [0.4, 0.5) is 0 Å². The van der Waals surface area contributed by atoms with Crippen LogP contribution in [0.2, 0.25) is 0 Å². The van der Waals surface area contributed by atoms with E-state index in [2.05, 4.69) is 6.08 Å². The van der Waals surface area contributed by atoms with E-state index in [0.717, 1.165) is 25.7 Å². The van der Waals surface area contributed by atoms with Crippen LogP contribution in [-0.2, 0) is 9.53 Å². The van der Waals surface area contributed by atoms with Gasteiger partial charge in [-0.1, -0.05) is 12.2 Å².